The molecule has 0 N–H and O–H groups in total. The number of para-hydroxylation sites is 1. The van der Waals surface area contributed by atoms with Crippen LogP contribution in [0.3, 0.4) is 0 Å². The molecule has 7 nitrogen and oxygen atoms in total. The molecule has 2 saturated heterocycles. The molecule has 1 amide bonds. The lowest BCUT2D eigenvalue weighted by Crippen LogP contribution is -2.52. The summed E-state index contributed by atoms with van der Waals surface area (Å²) in [5.41, 5.74) is 1.06. The predicted octanol–water partition coefficient (Wildman–Crippen LogP) is 2.96. The van der Waals surface area contributed by atoms with Crippen molar-refractivity contribution in [1.29, 1.82) is 0 Å². The van der Waals surface area contributed by atoms with Crippen LogP contribution in [0.15, 0.2) is 42.7 Å². The van der Waals surface area contributed by atoms with Gasteiger partial charge in [-0.1, -0.05) is 18.6 Å². The summed E-state index contributed by atoms with van der Waals surface area (Å²) in [6.07, 6.45) is 6.94. The summed E-state index contributed by atoms with van der Waals surface area (Å²) < 4.78 is 1.23. The number of thiazole rings is 1. The Hall–Kier alpha value is -2.58. The number of carbonyl (C=O) groups is 1. The number of hydrogen-bond donors (Lipinski definition) is 0. The Bertz CT molecular complexity index is 968. The summed E-state index contributed by atoms with van der Waals surface area (Å²) >= 11 is 1.77. The van der Waals surface area contributed by atoms with E-state index in [0.717, 1.165) is 62.0 Å². The molecule has 0 radical (unpaired) electrons. The number of amides is 1. The van der Waals surface area contributed by atoms with Crippen LogP contribution in [0.4, 0.5) is 5.95 Å². The van der Waals surface area contributed by atoms with E-state index >= 15 is 0 Å². The molecule has 0 bridgehead atoms. The van der Waals surface area contributed by atoms with Gasteiger partial charge in [0.25, 0.3) is 0 Å². The van der Waals surface area contributed by atoms with Gasteiger partial charge < -0.3 is 9.80 Å². The van der Waals surface area contributed by atoms with E-state index in [1.807, 2.05) is 17.0 Å². The van der Waals surface area contributed by atoms with E-state index in [1.54, 1.807) is 23.7 Å². The fourth-order valence-electron chi connectivity index (χ4n) is 4.38. The highest BCUT2D eigenvalue weighted by atomic mass is 32.1. The van der Waals surface area contributed by atoms with Gasteiger partial charge in [0.2, 0.25) is 11.9 Å². The van der Waals surface area contributed by atoms with Crippen molar-refractivity contribution in [3.8, 4) is 0 Å². The van der Waals surface area contributed by atoms with E-state index < -0.39 is 0 Å². The van der Waals surface area contributed by atoms with Crippen molar-refractivity contribution in [2.75, 3.05) is 44.2 Å². The van der Waals surface area contributed by atoms with E-state index in [0.29, 0.717) is 6.54 Å². The first kappa shape index (κ1) is 19.4. The van der Waals surface area contributed by atoms with Gasteiger partial charge in [0.1, 0.15) is 5.01 Å². The number of hydrogen-bond acceptors (Lipinski definition) is 7. The Balaban J connectivity index is 1.23. The number of aromatic nitrogens is 3. The predicted molar refractivity (Wildman–Crippen MR) is 119 cm³/mol. The quantitative estimate of drug-likeness (QED) is 0.644. The average Bonchev–Trinajstić information content (AvgIpc) is 3.24. The van der Waals surface area contributed by atoms with Gasteiger partial charge >= 0.3 is 0 Å². The van der Waals surface area contributed by atoms with Crippen molar-refractivity contribution in [3.05, 3.63) is 47.7 Å². The zero-order valence-corrected chi connectivity index (χ0v) is 17.8. The van der Waals surface area contributed by atoms with Crippen molar-refractivity contribution in [2.45, 2.75) is 25.3 Å². The molecule has 8 heteroatoms. The Morgan fingerprint density at radius 3 is 2.60 bits per heavy atom. The Kier molecular flexibility index (Phi) is 5.59. The monoisotopic (exact) mass is 422 g/mol. The molecule has 0 saturated carbocycles. The minimum Gasteiger partial charge on any atom is -0.338 e. The molecule has 30 heavy (non-hydrogen) atoms. The van der Waals surface area contributed by atoms with Crippen LogP contribution in [0.25, 0.3) is 10.2 Å². The number of piperidine rings is 1. The van der Waals surface area contributed by atoms with Crippen LogP contribution in [-0.2, 0) is 4.79 Å². The average molecular weight is 423 g/mol. The molecule has 156 valence electrons. The number of nitrogens with zero attached hydrogens (tertiary/aromatic N) is 6. The number of rotatable bonds is 4. The van der Waals surface area contributed by atoms with Crippen LogP contribution in [0.2, 0.25) is 0 Å². The van der Waals surface area contributed by atoms with Gasteiger partial charge in [-0.05, 0) is 37.6 Å². The molecular formula is C22H26N6OS. The fraction of sp³-hybridized carbons (Fsp3) is 0.455. The Morgan fingerprint density at radius 2 is 1.80 bits per heavy atom. The van der Waals surface area contributed by atoms with E-state index in [1.165, 1.54) is 11.1 Å². The van der Waals surface area contributed by atoms with Crippen molar-refractivity contribution >= 4 is 33.4 Å². The highest BCUT2D eigenvalue weighted by Gasteiger charge is 2.30. The summed E-state index contributed by atoms with van der Waals surface area (Å²) in [6.45, 7) is 4.42. The van der Waals surface area contributed by atoms with Crippen LogP contribution in [0, 0.1) is 0 Å². The maximum atomic E-state index is 13.1. The van der Waals surface area contributed by atoms with Gasteiger partial charge in [-0.15, -0.1) is 11.3 Å². The number of benzene rings is 1. The van der Waals surface area contributed by atoms with Crippen molar-refractivity contribution in [1.82, 2.24) is 24.8 Å². The van der Waals surface area contributed by atoms with Gasteiger partial charge in [0, 0.05) is 38.6 Å². The summed E-state index contributed by atoms with van der Waals surface area (Å²) in [5, 5.41) is 1.15. The zero-order chi connectivity index (χ0) is 20.3. The van der Waals surface area contributed by atoms with Gasteiger partial charge in [0.05, 0.1) is 22.8 Å². The van der Waals surface area contributed by atoms with E-state index in [9.17, 15) is 4.79 Å². The molecule has 1 unspecified atom stereocenters. The third kappa shape index (κ3) is 4.02. The van der Waals surface area contributed by atoms with E-state index in [4.69, 9.17) is 4.98 Å². The maximum absolute atomic E-state index is 13.1. The molecule has 2 aliphatic rings. The second kappa shape index (κ2) is 8.65. The minimum atomic E-state index is 0.219. The molecule has 5 rings (SSSR count). The van der Waals surface area contributed by atoms with Gasteiger partial charge in [0.15, 0.2) is 0 Å². The highest BCUT2D eigenvalue weighted by Crippen LogP contribution is 2.35. The SMILES string of the molecule is O=C(CN1CCCCC1c1nc2ccccc2s1)N1CCN(c2ncccn2)CC1. The normalized spacial score (nSPS) is 20.6. The zero-order valence-electron chi connectivity index (χ0n) is 17.0. The van der Waals surface area contributed by atoms with Gasteiger partial charge in [-0.25, -0.2) is 15.0 Å². The van der Waals surface area contributed by atoms with E-state index in [-0.39, 0.29) is 11.9 Å². The molecule has 2 aromatic heterocycles. The number of anilines is 1. The van der Waals surface area contributed by atoms with E-state index in [2.05, 4.69) is 38.0 Å². The number of piperazine rings is 1. The second-order valence-corrected chi connectivity index (χ2v) is 8.98. The third-order valence-electron chi connectivity index (χ3n) is 6.01. The Morgan fingerprint density at radius 1 is 1.00 bits per heavy atom. The maximum Gasteiger partial charge on any atom is 0.236 e. The van der Waals surface area contributed by atoms with Crippen molar-refractivity contribution in [2.24, 2.45) is 0 Å². The van der Waals surface area contributed by atoms with Crippen LogP contribution >= 0.6 is 11.3 Å². The highest BCUT2D eigenvalue weighted by molar-refractivity contribution is 7.18. The van der Waals surface area contributed by atoms with Crippen LogP contribution < -0.4 is 4.90 Å². The van der Waals surface area contributed by atoms with Gasteiger partial charge in [-0.2, -0.15) is 0 Å². The topological polar surface area (TPSA) is 65.5 Å². The van der Waals surface area contributed by atoms with Crippen LogP contribution in [0.5, 0.6) is 0 Å². The summed E-state index contributed by atoms with van der Waals surface area (Å²) in [6, 6.07) is 10.4. The molecule has 0 spiro atoms. The fourth-order valence-corrected chi connectivity index (χ4v) is 5.51. The van der Waals surface area contributed by atoms with Crippen molar-refractivity contribution in [3.63, 3.8) is 0 Å². The Labute approximate surface area is 180 Å². The standard InChI is InChI=1S/C22H26N6OS/c29-20(26-12-14-27(15-13-26)22-23-9-5-10-24-22)16-28-11-4-3-7-18(28)21-25-17-6-1-2-8-19(17)30-21/h1-2,5-6,8-10,18H,3-4,7,11-16H2. The summed E-state index contributed by atoms with van der Waals surface area (Å²) in [7, 11) is 0. The first-order valence-corrected chi connectivity index (χ1v) is 11.5. The summed E-state index contributed by atoms with van der Waals surface area (Å²) in [4.78, 5) is 33.1. The lowest BCUT2D eigenvalue weighted by molar-refractivity contribution is -0.133. The minimum absolute atomic E-state index is 0.219. The molecule has 1 aromatic carbocycles. The lowest BCUT2D eigenvalue weighted by atomic mass is 10.0. The molecule has 2 fully saturated rings. The smallest absolute Gasteiger partial charge is 0.236 e. The first-order valence-electron chi connectivity index (χ1n) is 10.7. The molecular weight excluding hydrogens is 396 g/mol. The number of fused-ring (bicyclic) bond motifs is 1. The molecule has 1 atom stereocenters. The molecule has 0 aliphatic carbocycles. The molecule has 3 aromatic rings. The molecule has 2 aliphatic heterocycles. The number of likely N-dealkylation sites (tertiary alicyclic amines) is 1. The largest absolute Gasteiger partial charge is 0.338 e. The van der Waals surface area contributed by atoms with Crippen LogP contribution in [0.1, 0.15) is 30.3 Å². The lowest BCUT2D eigenvalue weighted by Gasteiger charge is -2.38. The van der Waals surface area contributed by atoms with Crippen molar-refractivity contribution < 1.29 is 4.79 Å². The second-order valence-electron chi connectivity index (χ2n) is 7.92. The third-order valence-corrected chi connectivity index (χ3v) is 7.15. The number of carbonyl (C=O) groups excluding carboxylic acids is 1. The van der Waals surface area contributed by atoms with Crippen LogP contribution in [-0.4, -0.2) is 69.9 Å². The summed E-state index contributed by atoms with van der Waals surface area (Å²) in [5.74, 6) is 0.966. The molecule has 4 heterocycles. The first-order chi connectivity index (χ1) is 14.8. The van der Waals surface area contributed by atoms with Gasteiger partial charge in [-0.3, -0.25) is 9.69 Å².